The van der Waals surface area contributed by atoms with Gasteiger partial charge in [-0.2, -0.15) is 0 Å². The summed E-state index contributed by atoms with van der Waals surface area (Å²) in [7, 11) is 0. The topological polar surface area (TPSA) is 48.2 Å². The summed E-state index contributed by atoms with van der Waals surface area (Å²) in [4.78, 5) is 5.01. The van der Waals surface area contributed by atoms with Crippen LogP contribution >= 0.6 is 0 Å². The highest BCUT2D eigenvalue weighted by Gasteiger charge is 2.20. The van der Waals surface area contributed by atoms with Crippen LogP contribution in [0.15, 0.2) is 205 Å². The monoisotopic (exact) mass is 746 g/mol. The molecular formula is C54H42N4. The zero-order chi connectivity index (χ0) is 39.2. The van der Waals surface area contributed by atoms with Gasteiger partial charge in [-0.25, -0.2) is 4.99 Å². The van der Waals surface area contributed by atoms with E-state index in [1.807, 2.05) is 37.3 Å². The SMILES string of the molecule is C/C=C\C(=C/C)C/C=C(\N=C(N)c1ccccc1)c1ccc(-n2c3ccccc3c3ccc4c(ccc5ccc6c(c7ccccc7n6-c6ccccc6)c54)c32)cc1. The second-order valence-corrected chi connectivity index (χ2v) is 14.8. The molecule has 0 unspecified atom stereocenters. The summed E-state index contributed by atoms with van der Waals surface area (Å²) in [6, 6.07) is 60.9. The number of fused-ring (bicyclic) bond motifs is 11. The van der Waals surface area contributed by atoms with Gasteiger partial charge >= 0.3 is 0 Å². The summed E-state index contributed by atoms with van der Waals surface area (Å²) in [6.07, 6.45) is 9.28. The van der Waals surface area contributed by atoms with Crippen molar-refractivity contribution < 1.29 is 0 Å². The largest absolute Gasteiger partial charge is 0.383 e. The second-order valence-electron chi connectivity index (χ2n) is 14.8. The standard InChI is InChI=1S/C54H42N4/c1-3-15-36(4-2)24-34-47(56-54(55)39-16-7-5-8-17-39)37-25-29-41(30-26-37)58-48-22-13-11-20-42(48)44-33-32-43-45(53(44)58)31-27-38-28-35-50-52(51(38)43)46-21-12-14-23-49(46)57(50)40-18-9-6-10-19-40/h3-23,25-35H,24H2,1-2H3,(H2,55,56)/b15-3-,36-4+,47-34-. The molecule has 8 aromatic carbocycles. The number of aliphatic imine (C=N–C) groups is 1. The molecule has 0 fully saturated rings. The Labute approximate surface area is 337 Å². The first-order chi connectivity index (χ1) is 28.6. The molecular weight excluding hydrogens is 705 g/mol. The molecule has 0 radical (unpaired) electrons. The van der Waals surface area contributed by atoms with Crippen molar-refractivity contribution in [3.05, 3.63) is 211 Å². The van der Waals surface area contributed by atoms with Crippen molar-refractivity contribution in [1.29, 1.82) is 0 Å². The first-order valence-electron chi connectivity index (χ1n) is 20.0. The summed E-state index contributed by atoms with van der Waals surface area (Å²) in [5.74, 6) is 0.492. The Kier molecular flexibility index (Phi) is 8.80. The molecule has 0 aliphatic heterocycles. The van der Waals surface area contributed by atoms with E-state index in [-0.39, 0.29) is 0 Å². The quantitative estimate of drug-likeness (QED) is 0.0716. The number of amidine groups is 1. The van der Waals surface area contributed by atoms with E-state index in [2.05, 4.69) is 180 Å². The summed E-state index contributed by atoms with van der Waals surface area (Å²) in [6.45, 7) is 4.12. The van der Waals surface area contributed by atoms with Crippen LogP contribution in [-0.4, -0.2) is 15.0 Å². The summed E-state index contributed by atoms with van der Waals surface area (Å²) in [5, 5.41) is 9.95. The highest BCUT2D eigenvalue weighted by Crippen LogP contribution is 2.43. The van der Waals surface area contributed by atoms with Crippen molar-refractivity contribution >= 4 is 76.7 Å². The number of hydrogen-bond donors (Lipinski definition) is 1. The number of nitrogens with two attached hydrogens (primary N) is 1. The normalized spacial score (nSPS) is 13.0. The molecule has 0 bridgehead atoms. The molecule has 2 heterocycles. The summed E-state index contributed by atoms with van der Waals surface area (Å²) < 4.78 is 4.84. The minimum Gasteiger partial charge on any atom is -0.383 e. The molecule has 2 N–H and O–H groups in total. The van der Waals surface area contributed by atoms with Gasteiger partial charge in [0.25, 0.3) is 0 Å². The number of allylic oxidation sites excluding steroid dienone is 5. The highest BCUT2D eigenvalue weighted by molar-refractivity contribution is 6.31. The number of nitrogens with zero attached hydrogens (tertiary/aromatic N) is 3. The van der Waals surface area contributed by atoms with E-state index in [4.69, 9.17) is 10.7 Å². The van der Waals surface area contributed by atoms with Crippen molar-refractivity contribution in [2.24, 2.45) is 10.7 Å². The Balaban J connectivity index is 1.19. The minimum absolute atomic E-state index is 0.492. The molecule has 278 valence electrons. The smallest absolute Gasteiger partial charge is 0.131 e. The molecule has 0 spiro atoms. The lowest BCUT2D eigenvalue weighted by molar-refractivity contribution is 1.18. The molecule has 0 saturated heterocycles. The predicted molar refractivity (Wildman–Crippen MR) is 248 cm³/mol. The van der Waals surface area contributed by atoms with E-state index in [1.165, 1.54) is 70.7 Å². The van der Waals surface area contributed by atoms with Gasteiger partial charge in [0.2, 0.25) is 0 Å². The van der Waals surface area contributed by atoms with Gasteiger partial charge in [0, 0.05) is 49.4 Å². The van der Waals surface area contributed by atoms with Crippen molar-refractivity contribution in [3.8, 4) is 11.4 Å². The van der Waals surface area contributed by atoms with Gasteiger partial charge in [0.1, 0.15) is 5.84 Å². The van der Waals surface area contributed by atoms with E-state index in [1.54, 1.807) is 0 Å². The van der Waals surface area contributed by atoms with Crippen LogP contribution < -0.4 is 5.73 Å². The van der Waals surface area contributed by atoms with E-state index in [9.17, 15) is 0 Å². The Morgan fingerprint density at radius 1 is 0.517 bits per heavy atom. The van der Waals surface area contributed by atoms with Crippen molar-refractivity contribution in [3.63, 3.8) is 0 Å². The van der Waals surface area contributed by atoms with E-state index < -0.39 is 0 Å². The highest BCUT2D eigenvalue weighted by atomic mass is 15.0. The Morgan fingerprint density at radius 3 is 1.86 bits per heavy atom. The molecule has 0 aliphatic carbocycles. The van der Waals surface area contributed by atoms with Gasteiger partial charge in [0.05, 0.1) is 27.8 Å². The fourth-order valence-electron chi connectivity index (χ4n) is 8.80. The van der Waals surface area contributed by atoms with Gasteiger partial charge in [-0.05, 0) is 84.5 Å². The number of para-hydroxylation sites is 3. The Hall–Kier alpha value is -7.43. The number of aromatic nitrogens is 2. The van der Waals surface area contributed by atoms with Crippen LogP contribution in [0.4, 0.5) is 0 Å². The summed E-state index contributed by atoms with van der Waals surface area (Å²) in [5.41, 5.74) is 17.6. The van der Waals surface area contributed by atoms with Crippen LogP contribution in [0.2, 0.25) is 0 Å². The van der Waals surface area contributed by atoms with Gasteiger partial charge in [0.15, 0.2) is 0 Å². The molecule has 10 aromatic rings. The third-order valence-electron chi connectivity index (χ3n) is 11.5. The fraction of sp³-hybridized carbons (Fsp3) is 0.0556. The van der Waals surface area contributed by atoms with E-state index in [0.717, 1.165) is 34.6 Å². The maximum absolute atomic E-state index is 6.63. The molecule has 2 aromatic heterocycles. The molecule has 0 aliphatic rings. The van der Waals surface area contributed by atoms with E-state index >= 15 is 0 Å². The van der Waals surface area contributed by atoms with Crippen LogP contribution in [-0.2, 0) is 0 Å². The number of hydrogen-bond acceptors (Lipinski definition) is 1. The average Bonchev–Trinajstić information content (AvgIpc) is 3.81. The third-order valence-corrected chi connectivity index (χ3v) is 11.5. The van der Waals surface area contributed by atoms with Crippen LogP contribution in [0.1, 0.15) is 31.4 Å². The van der Waals surface area contributed by atoms with Crippen LogP contribution in [0, 0.1) is 0 Å². The molecule has 4 nitrogen and oxygen atoms in total. The first-order valence-corrected chi connectivity index (χ1v) is 20.0. The van der Waals surface area contributed by atoms with Gasteiger partial charge in [-0.3, -0.25) is 0 Å². The zero-order valence-electron chi connectivity index (χ0n) is 32.6. The number of benzene rings is 8. The van der Waals surface area contributed by atoms with Crippen molar-refractivity contribution in [1.82, 2.24) is 9.13 Å². The Bertz CT molecular complexity index is 3300. The van der Waals surface area contributed by atoms with Gasteiger partial charge in [-0.1, -0.05) is 152 Å². The summed E-state index contributed by atoms with van der Waals surface area (Å²) >= 11 is 0. The average molecular weight is 747 g/mol. The van der Waals surface area contributed by atoms with E-state index in [0.29, 0.717) is 5.84 Å². The second kappa shape index (κ2) is 14.6. The van der Waals surface area contributed by atoms with Crippen molar-refractivity contribution in [2.75, 3.05) is 0 Å². The lowest BCUT2D eigenvalue weighted by Gasteiger charge is -2.13. The lowest BCUT2D eigenvalue weighted by atomic mass is 9.96. The van der Waals surface area contributed by atoms with Gasteiger partial charge < -0.3 is 14.9 Å². The van der Waals surface area contributed by atoms with Crippen molar-refractivity contribution in [2.45, 2.75) is 20.3 Å². The maximum Gasteiger partial charge on any atom is 0.131 e. The molecule has 4 heteroatoms. The molecule has 0 atom stereocenters. The Morgan fingerprint density at radius 2 is 1.12 bits per heavy atom. The predicted octanol–water partition coefficient (Wildman–Crippen LogP) is 13.8. The fourth-order valence-corrected chi connectivity index (χ4v) is 8.80. The van der Waals surface area contributed by atoms with Crippen LogP contribution in [0.5, 0.6) is 0 Å². The maximum atomic E-state index is 6.63. The van der Waals surface area contributed by atoms with Crippen LogP contribution in [0.25, 0.3) is 82.2 Å². The van der Waals surface area contributed by atoms with Gasteiger partial charge in [-0.15, -0.1) is 0 Å². The minimum atomic E-state index is 0.492. The molecule has 10 rings (SSSR count). The number of rotatable bonds is 8. The first kappa shape index (κ1) is 35.0. The van der Waals surface area contributed by atoms with Crippen LogP contribution in [0.3, 0.4) is 0 Å². The molecule has 58 heavy (non-hydrogen) atoms. The molecule has 0 amide bonds. The lowest BCUT2D eigenvalue weighted by Crippen LogP contribution is -2.13. The zero-order valence-corrected chi connectivity index (χ0v) is 32.6. The third kappa shape index (κ3) is 5.81. The molecule has 0 saturated carbocycles.